The highest BCUT2D eigenvalue weighted by molar-refractivity contribution is 5.96. The number of rotatable bonds is 5. The molecule has 0 atom stereocenters. The molecule has 0 unspecified atom stereocenters. The lowest BCUT2D eigenvalue weighted by Crippen LogP contribution is -2.14. The molecule has 6 nitrogen and oxygen atoms in total. The first kappa shape index (κ1) is 13.5. The summed E-state index contributed by atoms with van der Waals surface area (Å²) in [5, 5.41) is 0. The minimum atomic E-state index is -0.497. The molecule has 6 heteroatoms. The Bertz CT molecular complexity index is 472. The van der Waals surface area contributed by atoms with Crippen LogP contribution in [0.3, 0.4) is 0 Å². The summed E-state index contributed by atoms with van der Waals surface area (Å²) in [4.78, 5) is 11.9. The Balaban J connectivity index is 1.96. The van der Waals surface area contributed by atoms with Gasteiger partial charge in [-0.15, -0.1) is 0 Å². The van der Waals surface area contributed by atoms with Crippen molar-refractivity contribution in [2.45, 2.75) is 20.0 Å². The van der Waals surface area contributed by atoms with Gasteiger partial charge in [-0.25, -0.2) is 4.79 Å². The molecule has 0 aromatic heterocycles. The maximum atomic E-state index is 11.9. The Labute approximate surface area is 111 Å². The molecule has 19 heavy (non-hydrogen) atoms. The van der Waals surface area contributed by atoms with Crippen LogP contribution >= 0.6 is 0 Å². The van der Waals surface area contributed by atoms with Gasteiger partial charge in [0.05, 0.1) is 24.0 Å². The minimum absolute atomic E-state index is 0.106. The van der Waals surface area contributed by atoms with Crippen LogP contribution < -0.4 is 15.2 Å². The third kappa shape index (κ3) is 3.29. The Morgan fingerprint density at radius 2 is 2.00 bits per heavy atom. The van der Waals surface area contributed by atoms with Crippen LogP contribution in [-0.4, -0.2) is 32.1 Å². The monoisotopic (exact) mass is 267 g/mol. The van der Waals surface area contributed by atoms with Crippen molar-refractivity contribution < 1.29 is 23.7 Å². The molecule has 104 valence electrons. The maximum absolute atomic E-state index is 11.9. The molecule has 1 aliphatic heterocycles. The quantitative estimate of drug-likeness (QED) is 0.495. The molecule has 0 bridgehead atoms. The van der Waals surface area contributed by atoms with Gasteiger partial charge in [0.15, 0.2) is 11.5 Å². The normalized spacial score (nSPS) is 12.8. The SMILES string of the molecule is CC(C)OCCOC(=O)c1cc2c(cc1N)OCO2. The summed E-state index contributed by atoms with van der Waals surface area (Å²) in [7, 11) is 0. The van der Waals surface area contributed by atoms with Crippen molar-refractivity contribution in [3.8, 4) is 11.5 Å². The van der Waals surface area contributed by atoms with Gasteiger partial charge in [-0.3, -0.25) is 0 Å². The van der Waals surface area contributed by atoms with Crippen molar-refractivity contribution in [1.29, 1.82) is 0 Å². The van der Waals surface area contributed by atoms with E-state index in [1.54, 1.807) is 6.07 Å². The highest BCUT2D eigenvalue weighted by Crippen LogP contribution is 2.36. The van der Waals surface area contributed by atoms with Gasteiger partial charge in [0.1, 0.15) is 6.61 Å². The van der Waals surface area contributed by atoms with E-state index in [0.717, 1.165) is 0 Å². The predicted molar refractivity (Wildman–Crippen MR) is 68.3 cm³/mol. The summed E-state index contributed by atoms with van der Waals surface area (Å²) in [6.45, 7) is 4.50. The lowest BCUT2D eigenvalue weighted by molar-refractivity contribution is 0.0177. The summed E-state index contributed by atoms with van der Waals surface area (Å²) >= 11 is 0. The topological polar surface area (TPSA) is 80.0 Å². The Morgan fingerprint density at radius 1 is 1.32 bits per heavy atom. The van der Waals surface area contributed by atoms with Crippen LogP contribution in [0.4, 0.5) is 5.69 Å². The van der Waals surface area contributed by atoms with Crippen molar-refractivity contribution in [2.75, 3.05) is 25.7 Å². The number of hydrogen-bond donors (Lipinski definition) is 1. The second-order valence-electron chi connectivity index (χ2n) is 4.35. The first-order chi connectivity index (χ1) is 9.08. The van der Waals surface area contributed by atoms with E-state index in [1.165, 1.54) is 6.07 Å². The molecule has 0 aliphatic carbocycles. The molecule has 0 spiro atoms. The standard InChI is InChI=1S/C13H17NO5/c1-8(2)16-3-4-17-13(15)9-5-11-12(6-10(9)14)19-7-18-11/h5-6,8H,3-4,7,14H2,1-2H3. The molecule has 1 heterocycles. The van der Waals surface area contributed by atoms with Gasteiger partial charge in [0.2, 0.25) is 6.79 Å². The molecule has 0 saturated heterocycles. The van der Waals surface area contributed by atoms with Crippen molar-refractivity contribution in [3.05, 3.63) is 17.7 Å². The molecular formula is C13H17NO5. The van der Waals surface area contributed by atoms with Crippen LogP contribution in [-0.2, 0) is 9.47 Å². The Hall–Kier alpha value is -1.95. The molecule has 2 N–H and O–H groups in total. The van der Waals surface area contributed by atoms with Gasteiger partial charge in [-0.1, -0.05) is 0 Å². The number of esters is 1. The minimum Gasteiger partial charge on any atom is -0.460 e. The lowest BCUT2D eigenvalue weighted by Gasteiger charge is -2.10. The summed E-state index contributed by atoms with van der Waals surface area (Å²) in [5.74, 6) is 0.542. The molecule has 2 rings (SSSR count). The third-order valence-corrected chi connectivity index (χ3v) is 2.53. The lowest BCUT2D eigenvalue weighted by atomic mass is 10.1. The van der Waals surface area contributed by atoms with Gasteiger partial charge in [0.25, 0.3) is 0 Å². The van der Waals surface area contributed by atoms with E-state index in [-0.39, 0.29) is 25.1 Å². The third-order valence-electron chi connectivity index (χ3n) is 2.53. The van der Waals surface area contributed by atoms with Crippen molar-refractivity contribution in [1.82, 2.24) is 0 Å². The number of nitrogens with two attached hydrogens (primary N) is 1. The molecule has 1 aromatic carbocycles. The molecule has 0 saturated carbocycles. The van der Waals surface area contributed by atoms with E-state index in [0.29, 0.717) is 23.8 Å². The fourth-order valence-corrected chi connectivity index (χ4v) is 1.63. The molecular weight excluding hydrogens is 250 g/mol. The largest absolute Gasteiger partial charge is 0.460 e. The summed E-state index contributed by atoms with van der Waals surface area (Å²) in [6.07, 6.45) is 0.106. The second-order valence-corrected chi connectivity index (χ2v) is 4.35. The zero-order chi connectivity index (χ0) is 13.8. The highest BCUT2D eigenvalue weighted by Gasteiger charge is 2.20. The maximum Gasteiger partial charge on any atom is 0.340 e. The first-order valence-electron chi connectivity index (χ1n) is 6.05. The van der Waals surface area contributed by atoms with Crippen LogP contribution in [0, 0.1) is 0 Å². The van der Waals surface area contributed by atoms with Crippen molar-refractivity contribution >= 4 is 11.7 Å². The van der Waals surface area contributed by atoms with Crippen molar-refractivity contribution in [3.63, 3.8) is 0 Å². The number of ether oxygens (including phenoxy) is 4. The van der Waals surface area contributed by atoms with E-state index in [2.05, 4.69) is 0 Å². The Morgan fingerprint density at radius 3 is 2.68 bits per heavy atom. The van der Waals surface area contributed by atoms with Crippen LogP contribution in [0.15, 0.2) is 12.1 Å². The highest BCUT2D eigenvalue weighted by atomic mass is 16.7. The first-order valence-corrected chi connectivity index (χ1v) is 6.05. The number of nitrogen functional groups attached to an aromatic ring is 1. The second kappa shape index (κ2) is 5.79. The Kier molecular flexibility index (Phi) is 4.11. The molecule has 1 aliphatic rings. The number of benzene rings is 1. The van der Waals surface area contributed by atoms with E-state index in [9.17, 15) is 4.79 Å². The zero-order valence-electron chi connectivity index (χ0n) is 11.0. The number of hydrogen-bond acceptors (Lipinski definition) is 6. The van der Waals surface area contributed by atoms with Gasteiger partial charge in [0, 0.05) is 12.1 Å². The van der Waals surface area contributed by atoms with Crippen LogP contribution in [0.1, 0.15) is 24.2 Å². The van der Waals surface area contributed by atoms with Gasteiger partial charge in [-0.05, 0) is 13.8 Å². The molecule has 0 fully saturated rings. The van der Waals surface area contributed by atoms with Gasteiger partial charge >= 0.3 is 5.97 Å². The van der Waals surface area contributed by atoms with E-state index < -0.39 is 5.97 Å². The predicted octanol–water partition coefficient (Wildman–Crippen LogP) is 1.58. The number of carbonyl (C=O) groups is 1. The van der Waals surface area contributed by atoms with Crippen LogP contribution in [0.25, 0.3) is 0 Å². The fourth-order valence-electron chi connectivity index (χ4n) is 1.63. The number of fused-ring (bicyclic) bond motifs is 1. The average Bonchev–Trinajstić information content (AvgIpc) is 2.80. The smallest absolute Gasteiger partial charge is 0.340 e. The average molecular weight is 267 g/mol. The van der Waals surface area contributed by atoms with E-state index in [4.69, 9.17) is 24.7 Å². The van der Waals surface area contributed by atoms with Crippen LogP contribution in [0.2, 0.25) is 0 Å². The molecule has 0 radical (unpaired) electrons. The van der Waals surface area contributed by atoms with Gasteiger partial charge in [-0.2, -0.15) is 0 Å². The number of carbonyl (C=O) groups excluding carboxylic acids is 1. The number of anilines is 1. The molecule has 0 amide bonds. The van der Waals surface area contributed by atoms with Crippen LogP contribution in [0.5, 0.6) is 11.5 Å². The van der Waals surface area contributed by atoms with Crippen molar-refractivity contribution in [2.24, 2.45) is 0 Å². The fraction of sp³-hybridized carbons (Fsp3) is 0.462. The summed E-state index contributed by atoms with van der Waals surface area (Å²) in [5.41, 5.74) is 6.36. The van der Waals surface area contributed by atoms with E-state index >= 15 is 0 Å². The van der Waals surface area contributed by atoms with E-state index in [1.807, 2.05) is 13.8 Å². The zero-order valence-corrected chi connectivity index (χ0v) is 11.0. The summed E-state index contributed by atoms with van der Waals surface area (Å²) in [6, 6.07) is 3.09. The van der Waals surface area contributed by atoms with Gasteiger partial charge < -0.3 is 24.7 Å². The molecule has 1 aromatic rings. The summed E-state index contributed by atoms with van der Waals surface area (Å²) < 4.78 is 20.7.